The number of aliphatic carboxylic acids is 1. The van der Waals surface area contributed by atoms with Crippen molar-refractivity contribution in [2.75, 3.05) is 6.26 Å². The Bertz CT molecular complexity index is 425. The van der Waals surface area contributed by atoms with Crippen molar-refractivity contribution in [2.45, 2.75) is 44.9 Å². The number of carbonyl (C=O) groups is 2. The van der Waals surface area contributed by atoms with Gasteiger partial charge in [-0.1, -0.05) is 13.8 Å². The van der Waals surface area contributed by atoms with Gasteiger partial charge in [-0.3, -0.25) is 4.79 Å². The van der Waals surface area contributed by atoms with Crippen LogP contribution in [0, 0.1) is 5.92 Å². The second-order valence-electron chi connectivity index (χ2n) is 5.28. The van der Waals surface area contributed by atoms with E-state index in [0.29, 0.717) is 0 Å². The largest absolute Gasteiger partial charge is 0.480 e. The zero-order chi connectivity index (χ0) is 14.7. The topological polar surface area (TPSA) is 101 Å². The Morgan fingerprint density at radius 1 is 1.28 bits per heavy atom. The lowest BCUT2D eigenvalue weighted by Gasteiger charge is -2.24. The SMILES string of the molecule is CC(C)C[C@@H](NC(=O)C(C)(C)S(C)(=O)=O)C(=O)O. The molecule has 106 valence electrons. The fraction of sp³-hybridized carbons (Fsp3) is 0.818. The number of carboxylic acid groups (broad SMARTS) is 1. The molecule has 0 aliphatic heterocycles. The van der Waals surface area contributed by atoms with E-state index in [-0.39, 0.29) is 12.3 Å². The van der Waals surface area contributed by atoms with Crippen LogP contribution in [0.1, 0.15) is 34.1 Å². The van der Waals surface area contributed by atoms with Crippen LogP contribution in [0.2, 0.25) is 0 Å². The first-order valence-corrected chi connectivity index (χ1v) is 7.52. The van der Waals surface area contributed by atoms with Crippen molar-refractivity contribution in [3.63, 3.8) is 0 Å². The smallest absolute Gasteiger partial charge is 0.326 e. The highest BCUT2D eigenvalue weighted by molar-refractivity contribution is 7.92. The van der Waals surface area contributed by atoms with E-state index in [1.54, 1.807) is 0 Å². The molecule has 1 amide bonds. The molecule has 1 atom stereocenters. The van der Waals surface area contributed by atoms with E-state index in [0.717, 1.165) is 6.26 Å². The van der Waals surface area contributed by atoms with Gasteiger partial charge in [-0.2, -0.15) is 0 Å². The summed E-state index contributed by atoms with van der Waals surface area (Å²) in [6, 6.07) is -1.07. The van der Waals surface area contributed by atoms with Gasteiger partial charge in [-0.25, -0.2) is 13.2 Å². The third-order valence-corrected chi connectivity index (χ3v) is 4.82. The molecule has 0 aliphatic rings. The van der Waals surface area contributed by atoms with Gasteiger partial charge >= 0.3 is 5.97 Å². The van der Waals surface area contributed by atoms with Crippen molar-refractivity contribution in [2.24, 2.45) is 5.92 Å². The van der Waals surface area contributed by atoms with Crippen LogP contribution >= 0.6 is 0 Å². The molecule has 2 N–H and O–H groups in total. The van der Waals surface area contributed by atoms with Gasteiger partial charge in [-0.15, -0.1) is 0 Å². The molecule has 0 unspecified atom stereocenters. The molecule has 0 aromatic rings. The summed E-state index contributed by atoms with van der Waals surface area (Å²) >= 11 is 0. The molecule has 0 saturated carbocycles. The van der Waals surface area contributed by atoms with Crippen LogP contribution in [-0.2, 0) is 19.4 Å². The third kappa shape index (κ3) is 4.29. The summed E-state index contributed by atoms with van der Waals surface area (Å²) in [5, 5.41) is 11.3. The van der Waals surface area contributed by atoms with Crippen LogP contribution in [0.3, 0.4) is 0 Å². The van der Waals surface area contributed by atoms with Crippen molar-refractivity contribution in [3.05, 3.63) is 0 Å². The van der Waals surface area contributed by atoms with Gasteiger partial charge in [0.25, 0.3) is 0 Å². The summed E-state index contributed by atoms with van der Waals surface area (Å²) < 4.78 is 21.3. The molecule has 0 heterocycles. The predicted octanol–water partition coefficient (Wildman–Crippen LogP) is 0.425. The molecular formula is C11H21NO5S. The van der Waals surface area contributed by atoms with E-state index in [4.69, 9.17) is 5.11 Å². The van der Waals surface area contributed by atoms with E-state index >= 15 is 0 Å². The Labute approximate surface area is 108 Å². The molecule has 0 fully saturated rings. The van der Waals surface area contributed by atoms with E-state index < -0.39 is 32.5 Å². The molecule has 0 aromatic heterocycles. The number of nitrogens with one attached hydrogen (secondary N) is 1. The van der Waals surface area contributed by atoms with Crippen molar-refractivity contribution in [1.82, 2.24) is 5.32 Å². The highest BCUT2D eigenvalue weighted by Crippen LogP contribution is 2.16. The van der Waals surface area contributed by atoms with Gasteiger partial charge in [0.05, 0.1) is 0 Å². The molecule has 18 heavy (non-hydrogen) atoms. The highest BCUT2D eigenvalue weighted by atomic mass is 32.2. The van der Waals surface area contributed by atoms with Crippen molar-refractivity contribution in [1.29, 1.82) is 0 Å². The number of amides is 1. The Kier molecular flexibility index (Phi) is 5.34. The first-order valence-electron chi connectivity index (χ1n) is 5.63. The van der Waals surface area contributed by atoms with Gasteiger partial charge in [0.15, 0.2) is 9.84 Å². The van der Waals surface area contributed by atoms with E-state index in [1.165, 1.54) is 13.8 Å². The number of rotatable bonds is 6. The van der Waals surface area contributed by atoms with Gasteiger partial charge in [0.2, 0.25) is 5.91 Å². The Morgan fingerprint density at radius 2 is 1.72 bits per heavy atom. The number of carbonyl (C=O) groups excluding carboxylic acids is 1. The highest BCUT2D eigenvalue weighted by Gasteiger charge is 2.40. The van der Waals surface area contributed by atoms with Crippen molar-refractivity contribution in [3.8, 4) is 0 Å². The monoisotopic (exact) mass is 279 g/mol. The molecule has 6 nitrogen and oxygen atoms in total. The molecule has 7 heteroatoms. The summed E-state index contributed by atoms with van der Waals surface area (Å²) in [4.78, 5) is 22.8. The van der Waals surface area contributed by atoms with Gasteiger partial charge in [0.1, 0.15) is 10.8 Å². The Balaban J connectivity index is 4.98. The van der Waals surface area contributed by atoms with Crippen LogP contribution in [0.5, 0.6) is 0 Å². The van der Waals surface area contributed by atoms with E-state index in [1.807, 2.05) is 13.8 Å². The first kappa shape index (κ1) is 16.9. The molecule has 0 aliphatic carbocycles. The zero-order valence-electron chi connectivity index (χ0n) is 11.4. The molecule has 0 radical (unpaired) electrons. The minimum Gasteiger partial charge on any atom is -0.480 e. The number of sulfone groups is 1. The fourth-order valence-electron chi connectivity index (χ4n) is 1.19. The van der Waals surface area contributed by atoms with Crippen LogP contribution in [0.4, 0.5) is 0 Å². The second-order valence-corrected chi connectivity index (χ2v) is 7.84. The summed E-state index contributed by atoms with van der Waals surface area (Å²) in [6.07, 6.45) is 1.20. The van der Waals surface area contributed by atoms with E-state index in [9.17, 15) is 18.0 Å². The van der Waals surface area contributed by atoms with E-state index in [2.05, 4.69) is 5.32 Å². The maximum atomic E-state index is 11.9. The normalized spacial score (nSPS) is 14.3. The molecule has 0 spiro atoms. The Hall–Kier alpha value is -1.11. The second kappa shape index (κ2) is 5.69. The summed E-state index contributed by atoms with van der Waals surface area (Å²) in [5.74, 6) is -1.88. The lowest BCUT2D eigenvalue weighted by Crippen LogP contribution is -2.53. The quantitative estimate of drug-likeness (QED) is 0.734. The maximum Gasteiger partial charge on any atom is 0.326 e. The zero-order valence-corrected chi connectivity index (χ0v) is 12.2. The lowest BCUT2D eigenvalue weighted by atomic mass is 10.0. The van der Waals surface area contributed by atoms with Crippen LogP contribution < -0.4 is 5.32 Å². The number of hydrogen-bond donors (Lipinski definition) is 2. The van der Waals surface area contributed by atoms with Crippen LogP contribution in [0.25, 0.3) is 0 Å². The maximum absolute atomic E-state index is 11.9. The Morgan fingerprint density at radius 3 is 2.00 bits per heavy atom. The molecular weight excluding hydrogens is 258 g/mol. The molecule has 0 saturated heterocycles. The predicted molar refractivity (Wildman–Crippen MR) is 67.9 cm³/mol. The first-order chi connectivity index (χ1) is 7.89. The van der Waals surface area contributed by atoms with Gasteiger partial charge < -0.3 is 10.4 Å². The summed E-state index contributed by atoms with van der Waals surface area (Å²) in [6.45, 7) is 6.16. The lowest BCUT2D eigenvalue weighted by molar-refractivity contribution is -0.142. The molecule has 0 bridgehead atoms. The third-order valence-electron chi connectivity index (χ3n) is 2.78. The van der Waals surface area contributed by atoms with Crippen LogP contribution in [-0.4, -0.2) is 42.4 Å². The summed E-state index contributed by atoms with van der Waals surface area (Å²) in [7, 11) is -3.61. The minimum absolute atomic E-state index is 0.0766. The average molecular weight is 279 g/mol. The van der Waals surface area contributed by atoms with Crippen molar-refractivity contribution < 1.29 is 23.1 Å². The van der Waals surface area contributed by atoms with Gasteiger partial charge in [0, 0.05) is 6.26 Å². The number of carboxylic acids is 1. The minimum atomic E-state index is -3.61. The van der Waals surface area contributed by atoms with Crippen LogP contribution in [0.15, 0.2) is 0 Å². The number of hydrogen-bond acceptors (Lipinski definition) is 4. The fourth-order valence-corrected chi connectivity index (χ4v) is 1.59. The molecule has 0 aromatic carbocycles. The standard InChI is InChI=1S/C11H21NO5S/c1-7(2)6-8(9(13)14)12-10(15)11(3,4)18(5,16)17/h7-8H,6H2,1-5H3,(H,12,15)(H,13,14)/t8-/m1/s1. The molecule has 0 rings (SSSR count). The summed E-state index contributed by atoms with van der Waals surface area (Å²) in [5.41, 5.74) is 0. The van der Waals surface area contributed by atoms with Crippen molar-refractivity contribution >= 4 is 21.7 Å². The average Bonchev–Trinajstić information content (AvgIpc) is 2.13. The van der Waals surface area contributed by atoms with Gasteiger partial charge in [-0.05, 0) is 26.2 Å².